The van der Waals surface area contributed by atoms with E-state index in [-0.39, 0.29) is 16.9 Å². The van der Waals surface area contributed by atoms with Crippen molar-refractivity contribution in [2.24, 2.45) is 0 Å². The molecule has 150 valence electrons. The maximum absolute atomic E-state index is 13.7. The molecule has 1 amide bonds. The molecule has 1 unspecified atom stereocenters. The highest BCUT2D eigenvalue weighted by atomic mass is 19.1. The molecule has 1 aromatic heterocycles. The van der Waals surface area contributed by atoms with E-state index in [1.165, 1.54) is 23.1 Å². The molecule has 1 atom stereocenters. The summed E-state index contributed by atoms with van der Waals surface area (Å²) in [6.07, 6.45) is 3.14. The van der Waals surface area contributed by atoms with Crippen molar-refractivity contribution >= 4 is 23.1 Å². The molecule has 5 nitrogen and oxygen atoms in total. The number of hydrogen-bond acceptors (Lipinski definition) is 4. The lowest BCUT2D eigenvalue weighted by Gasteiger charge is -2.25. The SMILES string of the molecule is Cc1ccc(N2C(=O)C(=O)/C(=C(\O)c3ccc(F)c(C)c3)C2c2cccnc2)cc1. The number of aliphatic hydroxyl groups is 1. The Morgan fingerprint density at radius 2 is 1.80 bits per heavy atom. The minimum atomic E-state index is -0.855. The average molecular weight is 402 g/mol. The van der Waals surface area contributed by atoms with E-state index in [9.17, 15) is 19.1 Å². The van der Waals surface area contributed by atoms with E-state index in [4.69, 9.17) is 0 Å². The maximum Gasteiger partial charge on any atom is 0.300 e. The van der Waals surface area contributed by atoms with E-state index in [0.29, 0.717) is 16.8 Å². The first-order chi connectivity index (χ1) is 14.4. The molecule has 0 aliphatic carbocycles. The predicted octanol–water partition coefficient (Wildman–Crippen LogP) is 4.46. The van der Waals surface area contributed by atoms with Crippen molar-refractivity contribution in [3.05, 3.63) is 101 Å². The van der Waals surface area contributed by atoms with Gasteiger partial charge in [0.1, 0.15) is 11.6 Å². The number of benzene rings is 2. The number of pyridine rings is 1. The average Bonchev–Trinajstić information content (AvgIpc) is 3.02. The minimum Gasteiger partial charge on any atom is -0.507 e. The first-order valence-corrected chi connectivity index (χ1v) is 9.42. The van der Waals surface area contributed by atoms with Crippen LogP contribution in [0.4, 0.5) is 10.1 Å². The maximum atomic E-state index is 13.7. The number of ketones is 1. The van der Waals surface area contributed by atoms with Crippen LogP contribution in [0, 0.1) is 19.7 Å². The number of Topliss-reactive ketones (excluding diaryl/α,β-unsaturated/α-hetero) is 1. The van der Waals surface area contributed by atoms with Crippen molar-refractivity contribution in [2.75, 3.05) is 4.90 Å². The lowest BCUT2D eigenvalue weighted by Crippen LogP contribution is -2.29. The van der Waals surface area contributed by atoms with E-state index in [1.807, 2.05) is 19.1 Å². The molecule has 3 aromatic rings. The number of aromatic nitrogens is 1. The summed E-state index contributed by atoms with van der Waals surface area (Å²) in [5.74, 6) is -2.31. The Kier molecular flexibility index (Phi) is 4.91. The molecule has 4 rings (SSSR count). The molecule has 6 heteroatoms. The number of aliphatic hydroxyl groups excluding tert-OH is 1. The second kappa shape index (κ2) is 7.55. The normalized spacial score (nSPS) is 18.1. The molecule has 0 bridgehead atoms. The van der Waals surface area contributed by atoms with Crippen molar-refractivity contribution in [2.45, 2.75) is 19.9 Å². The van der Waals surface area contributed by atoms with Gasteiger partial charge in [-0.05, 0) is 61.4 Å². The van der Waals surface area contributed by atoms with Crippen molar-refractivity contribution in [3.8, 4) is 0 Å². The quantitative estimate of drug-likeness (QED) is 0.399. The van der Waals surface area contributed by atoms with Gasteiger partial charge in [-0.15, -0.1) is 0 Å². The van der Waals surface area contributed by atoms with Crippen molar-refractivity contribution < 1.29 is 19.1 Å². The smallest absolute Gasteiger partial charge is 0.300 e. The zero-order valence-corrected chi connectivity index (χ0v) is 16.5. The van der Waals surface area contributed by atoms with Crippen LogP contribution >= 0.6 is 0 Å². The highest BCUT2D eigenvalue weighted by Gasteiger charge is 2.47. The summed E-state index contributed by atoms with van der Waals surface area (Å²) in [6, 6.07) is 13.8. The van der Waals surface area contributed by atoms with Gasteiger partial charge in [0, 0.05) is 23.6 Å². The second-order valence-corrected chi connectivity index (χ2v) is 7.25. The number of aryl methyl sites for hydroxylation is 2. The van der Waals surface area contributed by atoms with Crippen LogP contribution in [-0.4, -0.2) is 21.8 Å². The predicted molar refractivity (Wildman–Crippen MR) is 111 cm³/mol. The van der Waals surface area contributed by atoms with Gasteiger partial charge in [0.05, 0.1) is 11.6 Å². The Labute approximate surface area is 173 Å². The number of amides is 1. The van der Waals surface area contributed by atoms with Crippen LogP contribution in [0.25, 0.3) is 5.76 Å². The van der Waals surface area contributed by atoms with Gasteiger partial charge >= 0.3 is 0 Å². The fourth-order valence-corrected chi connectivity index (χ4v) is 3.60. The first-order valence-electron chi connectivity index (χ1n) is 9.42. The summed E-state index contributed by atoms with van der Waals surface area (Å²) < 4.78 is 13.7. The summed E-state index contributed by atoms with van der Waals surface area (Å²) in [5.41, 5.74) is 2.66. The Morgan fingerprint density at radius 3 is 2.43 bits per heavy atom. The molecule has 30 heavy (non-hydrogen) atoms. The van der Waals surface area contributed by atoms with E-state index in [2.05, 4.69) is 4.98 Å². The summed E-state index contributed by atoms with van der Waals surface area (Å²) in [4.78, 5) is 31.5. The fourth-order valence-electron chi connectivity index (χ4n) is 3.60. The molecule has 0 radical (unpaired) electrons. The molecule has 1 aliphatic rings. The van der Waals surface area contributed by atoms with Crippen molar-refractivity contribution in [1.82, 2.24) is 4.98 Å². The third kappa shape index (κ3) is 3.26. The molecule has 1 fully saturated rings. The van der Waals surface area contributed by atoms with Crippen LogP contribution in [0.15, 0.2) is 72.6 Å². The minimum absolute atomic E-state index is 0.0559. The molecule has 1 aliphatic heterocycles. The van der Waals surface area contributed by atoms with Gasteiger partial charge in [0.15, 0.2) is 0 Å². The van der Waals surface area contributed by atoms with Crippen LogP contribution in [-0.2, 0) is 9.59 Å². The van der Waals surface area contributed by atoms with E-state index in [1.54, 1.807) is 43.6 Å². The van der Waals surface area contributed by atoms with Crippen LogP contribution in [0.5, 0.6) is 0 Å². The van der Waals surface area contributed by atoms with Crippen molar-refractivity contribution in [3.63, 3.8) is 0 Å². The summed E-state index contributed by atoms with van der Waals surface area (Å²) in [5, 5.41) is 11.0. The lowest BCUT2D eigenvalue weighted by molar-refractivity contribution is -0.132. The van der Waals surface area contributed by atoms with Gasteiger partial charge in [-0.2, -0.15) is 0 Å². The molecule has 2 aromatic carbocycles. The Bertz CT molecular complexity index is 1170. The second-order valence-electron chi connectivity index (χ2n) is 7.25. The first kappa shape index (κ1) is 19.5. The number of hydrogen-bond donors (Lipinski definition) is 1. The summed E-state index contributed by atoms with van der Waals surface area (Å²) >= 11 is 0. The topological polar surface area (TPSA) is 70.5 Å². The summed E-state index contributed by atoms with van der Waals surface area (Å²) in [7, 11) is 0. The van der Waals surface area contributed by atoms with Gasteiger partial charge in [-0.3, -0.25) is 19.5 Å². The van der Waals surface area contributed by atoms with Crippen LogP contribution in [0.2, 0.25) is 0 Å². The van der Waals surface area contributed by atoms with Crippen LogP contribution in [0.3, 0.4) is 0 Å². The molecular weight excluding hydrogens is 383 g/mol. The molecule has 0 saturated carbocycles. The van der Waals surface area contributed by atoms with E-state index >= 15 is 0 Å². The molecule has 0 spiro atoms. The van der Waals surface area contributed by atoms with Crippen molar-refractivity contribution in [1.29, 1.82) is 0 Å². The number of nitrogens with zero attached hydrogens (tertiary/aromatic N) is 2. The molecule has 1 N–H and O–H groups in total. The molecule has 2 heterocycles. The van der Waals surface area contributed by atoms with Gasteiger partial charge in [-0.1, -0.05) is 23.8 Å². The number of carbonyl (C=O) groups is 2. The number of anilines is 1. The number of carbonyl (C=O) groups excluding carboxylic acids is 2. The standard InChI is InChI=1S/C24H19FN2O3/c1-14-5-8-18(9-6-14)27-21(17-4-3-11-26-13-17)20(23(29)24(27)30)22(28)16-7-10-19(25)15(2)12-16/h3-13,21,28H,1-2H3/b22-20-. The Balaban J connectivity index is 1.94. The monoisotopic (exact) mass is 402 g/mol. The zero-order valence-electron chi connectivity index (χ0n) is 16.5. The third-order valence-corrected chi connectivity index (χ3v) is 5.19. The zero-order chi connectivity index (χ0) is 21.4. The highest BCUT2D eigenvalue weighted by molar-refractivity contribution is 6.51. The molecule has 1 saturated heterocycles. The fraction of sp³-hybridized carbons (Fsp3) is 0.125. The van der Waals surface area contributed by atoms with Gasteiger partial charge < -0.3 is 5.11 Å². The largest absolute Gasteiger partial charge is 0.507 e. The Hall–Kier alpha value is -3.80. The lowest BCUT2D eigenvalue weighted by atomic mass is 9.95. The molecular formula is C24H19FN2O3. The number of halogens is 1. The van der Waals surface area contributed by atoms with Gasteiger partial charge in [0.2, 0.25) is 0 Å². The van der Waals surface area contributed by atoms with Gasteiger partial charge in [-0.25, -0.2) is 4.39 Å². The van der Waals surface area contributed by atoms with Crippen LogP contribution in [0.1, 0.15) is 28.3 Å². The van der Waals surface area contributed by atoms with E-state index < -0.39 is 23.5 Å². The third-order valence-electron chi connectivity index (χ3n) is 5.19. The summed E-state index contributed by atoms with van der Waals surface area (Å²) in [6.45, 7) is 3.49. The highest BCUT2D eigenvalue weighted by Crippen LogP contribution is 2.42. The van der Waals surface area contributed by atoms with Crippen LogP contribution < -0.4 is 4.90 Å². The van der Waals surface area contributed by atoms with Gasteiger partial charge in [0.25, 0.3) is 11.7 Å². The van der Waals surface area contributed by atoms with E-state index in [0.717, 1.165) is 5.56 Å². The number of rotatable bonds is 3. The Morgan fingerprint density at radius 1 is 1.07 bits per heavy atom.